The van der Waals surface area contributed by atoms with Crippen molar-refractivity contribution in [2.45, 2.75) is 517 Å². The van der Waals surface area contributed by atoms with E-state index in [-0.39, 0.29) is 25.7 Å². The van der Waals surface area contributed by atoms with Crippen LogP contribution in [0.1, 0.15) is 413 Å². The quantitative estimate of drug-likeness (QED) is 0.00889. The molecule has 1 aliphatic carbocycles. The largest absolute Gasteiger partial charge is 0.472 e. The Morgan fingerprint density at radius 3 is 1.01 bits per heavy atom. The van der Waals surface area contributed by atoms with E-state index in [0.29, 0.717) is 32.1 Å². The average Bonchev–Trinajstić information content (AvgIpc) is 0.754. The summed E-state index contributed by atoms with van der Waals surface area (Å²) in [4.78, 5) is 66.5. The number of rotatable bonds is 78. The van der Waals surface area contributed by atoms with E-state index < -0.39 is 162 Å². The first kappa shape index (κ1) is 110. The predicted octanol–water partition coefficient (Wildman–Crippen LogP) is 18.1. The Morgan fingerprint density at radius 2 is 0.630 bits per heavy atom. The molecule has 0 amide bonds. The van der Waals surface area contributed by atoms with Crippen LogP contribution in [-0.2, 0) is 70.7 Å². The summed E-state index contributed by atoms with van der Waals surface area (Å²) in [5.74, 6) is -2.96. The number of esters is 4. The third-order valence-electron chi connectivity index (χ3n) is 23.4. The molecule has 0 aromatic carbocycles. The van der Waals surface area contributed by atoms with Gasteiger partial charge < -0.3 is 88.7 Å². The highest BCUT2D eigenvalue weighted by Crippen LogP contribution is 2.49. The molecule has 0 bridgehead atoms. The van der Waals surface area contributed by atoms with Gasteiger partial charge >= 0.3 is 31.7 Å². The second-order valence-electron chi connectivity index (χ2n) is 34.2. The molecule has 0 aromatic rings. The number of allylic oxidation sites excluding steroid dienone is 4. The molecule has 119 heavy (non-hydrogen) atoms. The number of phosphoric acid groups is 1. The Hall–Kier alpha value is -3.05. The normalized spacial score (nSPS) is 24.9. The standard InChI is InChI=1S/C93H171O25P/c1-5-9-13-17-21-25-29-33-37-41-45-49-53-57-61-65-76(95)109-70-73(112-78(97)67-63-59-55-51-47-43-39-35-31-27-23-19-15-11-7-3)71-111-119(107,108)118-91-89(116-92-86(105)82(101)80(99)74(69-94)113-92)85(104)84(103)88(115-79(98)68-64-60-56-52-48-44-40-36-32-28-24-20-16-12-8-4)90(91)117-93-87(106)83(102)81(100)75(114-93)72-110-77(96)66-62-58-54-50-46-42-38-34-30-26-22-18-14-10-6-2/h25-26,29-30,73-75,80-94,99-106H,5-24,27-28,31-72H2,1-4H3,(H,107,108)/b29-25-,30-26-. The van der Waals surface area contributed by atoms with Gasteiger partial charge in [-0.1, -0.05) is 335 Å². The maximum absolute atomic E-state index is 14.9. The molecule has 0 aromatic heterocycles. The summed E-state index contributed by atoms with van der Waals surface area (Å²) < 4.78 is 73.5. The molecule has 0 radical (unpaired) electrons. The molecule has 3 rings (SSSR count). The number of hydrogen-bond donors (Lipinski definition) is 10. The minimum Gasteiger partial charge on any atom is -0.463 e. The van der Waals surface area contributed by atoms with E-state index in [1.54, 1.807) is 0 Å². The highest BCUT2D eigenvalue weighted by atomic mass is 31.2. The van der Waals surface area contributed by atoms with Crippen molar-refractivity contribution in [1.82, 2.24) is 0 Å². The van der Waals surface area contributed by atoms with Crippen molar-refractivity contribution in [3.05, 3.63) is 24.3 Å². The van der Waals surface area contributed by atoms with E-state index in [1.165, 1.54) is 161 Å². The van der Waals surface area contributed by atoms with Gasteiger partial charge in [-0.05, 0) is 77.0 Å². The number of hydrogen-bond acceptors (Lipinski definition) is 24. The van der Waals surface area contributed by atoms with E-state index in [2.05, 4.69) is 52.0 Å². The molecule has 3 aliphatic rings. The van der Waals surface area contributed by atoms with Crippen molar-refractivity contribution in [3.63, 3.8) is 0 Å². The Labute approximate surface area is 717 Å². The topological polar surface area (TPSA) is 380 Å². The van der Waals surface area contributed by atoms with E-state index in [1.807, 2.05) is 0 Å². The SMILES string of the molecule is CCCCCC/C=C\CCCCCCCCCC(=O)OCC(COP(=O)(O)OC1C(OC2OC(CO)C(O)C(O)C2O)C(O)C(O)C(OC(=O)CCCCCCCCCCCCCCCCC)C1OC1OC(COC(=O)CCCCCCCCC/C=C\CCCCCC)C(O)C(O)C1O)OC(=O)CCCCCCCCCCCCCCCCC. The van der Waals surface area contributed by atoms with E-state index in [0.717, 1.165) is 167 Å². The van der Waals surface area contributed by atoms with Crippen LogP contribution in [0.3, 0.4) is 0 Å². The van der Waals surface area contributed by atoms with Gasteiger partial charge in [-0.3, -0.25) is 28.2 Å². The van der Waals surface area contributed by atoms with Gasteiger partial charge in [0.2, 0.25) is 0 Å². The number of carbonyl (C=O) groups is 4. The number of aliphatic hydroxyl groups excluding tert-OH is 9. The van der Waals surface area contributed by atoms with Crippen molar-refractivity contribution in [2.75, 3.05) is 26.4 Å². The van der Waals surface area contributed by atoms with Crippen LogP contribution in [0.4, 0.5) is 0 Å². The van der Waals surface area contributed by atoms with Crippen molar-refractivity contribution in [3.8, 4) is 0 Å². The average molecular weight is 1720 g/mol. The van der Waals surface area contributed by atoms with Crippen LogP contribution >= 0.6 is 7.82 Å². The van der Waals surface area contributed by atoms with Crippen molar-refractivity contribution < 1.29 is 122 Å². The first-order valence-electron chi connectivity index (χ1n) is 48.1. The summed E-state index contributed by atoms with van der Waals surface area (Å²) in [5.41, 5.74) is 0. The van der Waals surface area contributed by atoms with Gasteiger partial charge in [0.1, 0.15) is 92.6 Å². The van der Waals surface area contributed by atoms with Crippen molar-refractivity contribution in [1.29, 1.82) is 0 Å². The van der Waals surface area contributed by atoms with Crippen molar-refractivity contribution in [2.24, 2.45) is 0 Å². The summed E-state index contributed by atoms with van der Waals surface area (Å²) >= 11 is 0. The van der Waals surface area contributed by atoms with Crippen LogP contribution in [0.15, 0.2) is 24.3 Å². The van der Waals surface area contributed by atoms with Gasteiger partial charge in [0.25, 0.3) is 0 Å². The molecule has 698 valence electrons. The van der Waals surface area contributed by atoms with Gasteiger partial charge in [0.05, 0.1) is 13.2 Å². The molecule has 2 aliphatic heterocycles. The molecular formula is C93H171O25P. The maximum Gasteiger partial charge on any atom is 0.472 e. The minimum absolute atomic E-state index is 0.0100. The van der Waals surface area contributed by atoms with Crippen LogP contribution in [-0.4, -0.2) is 205 Å². The highest BCUT2D eigenvalue weighted by Gasteiger charge is 2.60. The maximum atomic E-state index is 14.9. The zero-order valence-electron chi connectivity index (χ0n) is 74.4. The fourth-order valence-corrected chi connectivity index (χ4v) is 16.7. The summed E-state index contributed by atoms with van der Waals surface area (Å²) in [6.07, 6.45) is 32.9. The molecule has 10 N–H and O–H groups in total. The molecule has 3 fully saturated rings. The van der Waals surface area contributed by atoms with Crippen molar-refractivity contribution >= 4 is 31.7 Å². The Kier molecular flexibility index (Phi) is 66.7. The molecule has 2 saturated heterocycles. The van der Waals surface area contributed by atoms with Crippen LogP contribution in [0.5, 0.6) is 0 Å². The Morgan fingerprint density at radius 1 is 0.328 bits per heavy atom. The lowest BCUT2D eigenvalue weighted by Gasteiger charge is -2.50. The van der Waals surface area contributed by atoms with E-state index in [4.69, 9.17) is 46.9 Å². The summed E-state index contributed by atoms with van der Waals surface area (Å²) in [7, 11) is -5.81. The van der Waals surface area contributed by atoms with Crippen LogP contribution in [0.25, 0.3) is 0 Å². The molecular weight excluding hydrogens is 1550 g/mol. The molecule has 18 unspecified atom stereocenters. The fourth-order valence-electron chi connectivity index (χ4n) is 15.8. The molecule has 26 heteroatoms. The fraction of sp³-hybridized carbons (Fsp3) is 0.914. The smallest absolute Gasteiger partial charge is 0.463 e. The molecule has 0 spiro atoms. The van der Waals surface area contributed by atoms with Gasteiger partial charge in [0.15, 0.2) is 24.8 Å². The van der Waals surface area contributed by atoms with Crippen LogP contribution in [0, 0.1) is 0 Å². The third kappa shape index (κ3) is 52.0. The minimum atomic E-state index is -5.81. The van der Waals surface area contributed by atoms with Gasteiger partial charge in [-0.15, -0.1) is 0 Å². The van der Waals surface area contributed by atoms with E-state index >= 15 is 0 Å². The predicted molar refractivity (Wildman–Crippen MR) is 463 cm³/mol. The Bertz CT molecular complexity index is 2570. The highest BCUT2D eigenvalue weighted by molar-refractivity contribution is 7.47. The molecule has 1 saturated carbocycles. The summed E-state index contributed by atoms with van der Waals surface area (Å²) in [6, 6.07) is 0. The third-order valence-corrected chi connectivity index (χ3v) is 24.4. The van der Waals surface area contributed by atoms with Gasteiger partial charge in [-0.2, -0.15) is 0 Å². The number of carbonyl (C=O) groups excluding carboxylic acids is 4. The first-order valence-corrected chi connectivity index (χ1v) is 49.6. The molecule has 18 atom stereocenters. The number of unbranched alkanes of at least 4 members (excludes halogenated alkanes) is 50. The second kappa shape index (κ2) is 72.0. The van der Waals surface area contributed by atoms with Crippen LogP contribution in [0.2, 0.25) is 0 Å². The number of phosphoric ester groups is 1. The zero-order chi connectivity index (χ0) is 86.8. The van der Waals surface area contributed by atoms with Gasteiger partial charge in [0, 0.05) is 25.7 Å². The molecule has 25 nitrogen and oxygen atoms in total. The Balaban J connectivity index is 1.91. The monoisotopic (exact) mass is 1720 g/mol. The lowest BCUT2D eigenvalue weighted by atomic mass is 9.84. The van der Waals surface area contributed by atoms with E-state index in [9.17, 15) is 74.6 Å². The lowest BCUT2D eigenvalue weighted by Crippen LogP contribution is -2.70. The second-order valence-corrected chi connectivity index (χ2v) is 35.6. The van der Waals surface area contributed by atoms with Gasteiger partial charge in [-0.25, -0.2) is 4.57 Å². The zero-order valence-corrected chi connectivity index (χ0v) is 75.3. The van der Waals surface area contributed by atoms with Crippen LogP contribution < -0.4 is 0 Å². The number of ether oxygens (including phenoxy) is 8. The number of aliphatic hydroxyl groups is 9. The lowest BCUT2D eigenvalue weighted by molar-refractivity contribution is -0.360. The summed E-state index contributed by atoms with van der Waals surface area (Å²) in [6.45, 7) is 5.60. The summed E-state index contributed by atoms with van der Waals surface area (Å²) in [5, 5.41) is 102. The first-order chi connectivity index (χ1) is 57.7. The molecule has 2 heterocycles.